The summed E-state index contributed by atoms with van der Waals surface area (Å²) in [4.78, 5) is 18.9. The van der Waals surface area contributed by atoms with Gasteiger partial charge in [0.2, 0.25) is 5.91 Å². The van der Waals surface area contributed by atoms with E-state index in [1.807, 2.05) is 40.9 Å². The zero-order valence-corrected chi connectivity index (χ0v) is 15.1. The number of pyridine rings is 1. The Morgan fingerprint density at radius 1 is 1.12 bits per heavy atom. The molecule has 130 valence electrons. The topological polar surface area (TPSA) is 49.6 Å². The van der Waals surface area contributed by atoms with Crippen molar-refractivity contribution in [3.8, 4) is 0 Å². The van der Waals surface area contributed by atoms with Crippen LogP contribution in [0, 0.1) is 0 Å². The molecule has 0 radical (unpaired) electrons. The van der Waals surface area contributed by atoms with Crippen molar-refractivity contribution >= 4 is 34.5 Å². The van der Waals surface area contributed by atoms with Gasteiger partial charge in [-0.1, -0.05) is 11.6 Å². The van der Waals surface area contributed by atoms with Crippen molar-refractivity contribution in [2.45, 2.75) is 20.3 Å². The Bertz CT molecular complexity index is 869. The summed E-state index contributed by atoms with van der Waals surface area (Å²) < 4.78 is 1.82. The smallest absolute Gasteiger partial charge is 0.230 e. The van der Waals surface area contributed by atoms with Gasteiger partial charge in [-0.05, 0) is 50.2 Å². The highest BCUT2D eigenvalue weighted by Crippen LogP contribution is 2.18. The summed E-state index contributed by atoms with van der Waals surface area (Å²) in [5, 5.41) is 3.55. The molecular formula is C19H21ClN4O. The third-order valence-electron chi connectivity index (χ3n) is 4.09. The predicted octanol–water partition coefficient (Wildman–Crippen LogP) is 4.02. The molecule has 3 rings (SSSR count). The number of carbonyl (C=O) groups excluding carboxylic acids is 1. The van der Waals surface area contributed by atoms with E-state index in [0.29, 0.717) is 10.7 Å². The minimum absolute atomic E-state index is 0.0925. The number of anilines is 2. The van der Waals surface area contributed by atoms with E-state index >= 15 is 0 Å². The molecule has 2 aromatic heterocycles. The summed E-state index contributed by atoms with van der Waals surface area (Å²) in [7, 11) is 0. The number of aromatic nitrogens is 2. The van der Waals surface area contributed by atoms with Gasteiger partial charge >= 0.3 is 0 Å². The van der Waals surface area contributed by atoms with Gasteiger partial charge < -0.3 is 14.6 Å². The van der Waals surface area contributed by atoms with E-state index in [9.17, 15) is 4.79 Å². The first kappa shape index (κ1) is 17.3. The molecule has 25 heavy (non-hydrogen) atoms. The molecule has 0 unspecified atom stereocenters. The summed E-state index contributed by atoms with van der Waals surface area (Å²) in [5.41, 5.74) is 3.42. The average molecular weight is 357 g/mol. The van der Waals surface area contributed by atoms with Crippen molar-refractivity contribution in [2.75, 3.05) is 23.3 Å². The largest absolute Gasteiger partial charge is 0.372 e. The van der Waals surface area contributed by atoms with Crippen LogP contribution in [-0.2, 0) is 11.2 Å². The van der Waals surface area contributed by atoms with Gasteiger partial charge in [-0.2, -0.15) is 0 Å². The van der Waals surface area contributed by atoms with E-state index in [2.05, 4.69) is 29.0 Å². The first-order chi connectivity index (χ1) is 12.1. The van der Waals surface area contributed by atoms with Gasteiger partial charge in [0.15, 0.2) is 0 Å². The molecule has 0 aliphatic rings. The standard InChI is InChI=1S/C19H21ClN4O/c1-3-23(4-2)17-8-6-15(7-9-17)22-19(25)11-16-13-24-12-14(20)5-10-18(24)21-16/h5-10,12-13H,3-4,11H2,1-2H3,(H,22,25). The van der Waals surface area contributed by atoms with Gasteiger partial charge in [0, 0.05) is 36.9 Å². The molecule has 0 aliphatic carbocycles. The molecule has 0 fully saturated rings. The second kappa shape index (κ2) is 7.57. The lowest BCUT2D eigenvalue weighted by Gasteiger charge is -2.21. The number of carbonyl (C=O) groups is 1. The molecule has 1 aromatic carbocycles. The van der Waals surface area contributed by atoms with Crippen LogP contribution in [-0.4, -0.2) is 28.4 Å². The maximum atomic E-state index is 12.3. The highest BCUT2D eigenvalue weighted by molar-refractivity contribution is 6.30. The summed E-state index contributed by atoms with van der Waals surface area (Å²) in [6, 6.07) is 11.5. The summed E-state index contributed by atoms with van der Waals surface area (Å²) in [5.74, 6) is -0.0925. The average Bonchev–Trinajstić information content (AvgIpc) is 2.98. The molecule has 0 aliphatic heterocycles. The lowest BCUT2D eigenvalue weighted by Crippen LogP contribution is -2.21. The maximum absolute atomic E-state index is 12.3. The maximum Gasteiger partial charge on any atom is 0.230 e. The Kier molecular flexibility index (Phi) is 5.24. The Morgan fingerprint density at radius 2 is 1.84 bits per heavy atom. The van der Waals surface area contributed by atoms with Gasteiger partial charge in [-0.3, -0.25) is 4.79 Å². The molecule has 1 N–H and O–H groups in total. The van der Waals surface area contributed by atoms with Gasteiger partial charge in [0.05, 0.1) is 17.1 Å². The Labute approximate surface area is 152 Å². The van der Waals surface area contributed by atoms with Gasteiger partial charge in [-0.25, -0.2) is 4.98 Å². The van der Waals surface area contributed by atoms with Crippen LogP contribution in [0.15, 0.2) is 48.8 Å². The van der Waals surface area contributed by atoms with E-state index in [4.69, 9.17) is 11.6 Å². The molecule has 3 aromatic rings. The fourth-order valence-corrected chi connectivity index (χ4v) is 2.98. The van der Waals surface area contributed by atoms with Crippen LogP contribution >= 0.6 is 11.6 Å². The van der Waals surface area contributed by atoms with Gasteiger partial charge in [-0.15, -0.1) is 0 Å². The molecule has 2 heterocycles. The molecule has 0 atom stereocenters. The third-order valence-corrected chi connectivity index (χ3v) is 4.31. The quantitative estimate of drug-likeness (QED) is 0.725. The second-order valence-corrected chi connectivity index (χ2v) is 6.23. The van der Waals surface area contributed by atoms with Crippen LogP contribution in [0.5, 0.6) is 0 Å². The minimum atomic E-state index is -0.0925. The van der Waals surface area contributed by atoms with Crippen molar-refractivity contribution in [1.82, 2.24) is 9.38 Å². The van der Waals surface area contributed by atoms with Crippen LogP contribution in [0.4, 0.5) is 11.4 Å². The molecule has 0 saturated carbocycles. The van der Waals surface area contributed by atoms with Crippen molar-refractivity contribution in [2.24, 2.45) is 0 Å². The van der Waals surface area contributed by atoms with Crippen LogP contribution < -0.4 is 10.2 Å². The van der Waals surface area contributed by atoms with Crippen LogP contribution in [0.3, 0.4) is 0 Å². The molecule has 1 amide bonds. The summed E-state index contributed by atoms with van der Waals surface area (Å²) in [6.07, 6.45) is 3.82. The van der Waals surface area contributed by atoms with Gasteiger partial charge in [0.25, 0.3) is 0 Å². The summed E-state index contributed by atoms with van der Waals surface area (Å²) >= 11 is 5.97. The van der Waals surface area contributed by atoms with Gasteiger partial charge in [0.1, 0.15) is 5.65 Å². The number of rotatable bonds is 6. The first-order valence-corrected chi connectivity index (χ1v) is 8.75. The monoisotopic (exact) mass is 356 g/mol. The number of hydrogen-bond acceptors (Lipinski definition) is 3. The van der Waals surface area contributed by atoms with Crippen molar-refractivity contribution in [3.63, 3.8) is 0 Å². The highest BCUT2D eigenvalue weighted by Gasteiger charge is 2.09. The van der Waals surface area contributed by atoms with E-state index in [-0.39, 0.29) is 12.3 Å². The number of nitrogens with zero attached hydrogens (tertiary/aromatic N) is 3. The zero-order chi connectivity index (χ0) is 17.8. The first-order valence-electron chi connectivity index (χ1n) is 8.37. The van der Waals surface area contributed by atoms with Crippen LogP contribution in [0.2, 0.25) is 5.02 Å². The fraction of sp³-hybridized carbons (Fsp3) is 0.263. The van der Waals surface area contributed by atoms with E-state index in [1.165, 1.54) is 0 Å². The van der Waals surface area contributed by atoms with E-state index < -0.39 is 0 Å². The number of imidazole rings is 1. The molecule has 0 bridgehead atoms. The van der Waals surface area contributed by atoms with E-state index in [1.54, 1.807) is 12.3 Å². The fourth-order valence-electron chi connectivity index (χ4n) is 2.82. The summed E-state index contributed by atoms with van der Waals surface area (Å²) in [6.45, 7) is 6.17. The zero-order valence-electron chi connectivity index (χ0n) is 14.4. The number of amides is 1. The Balaban J connectivity index is 1.65. The number of fused-ring (bicyclic) bond motifs is 1. The molecule has 0 spiro atoms. The lowest BCUT2D eigenvalue weighted by atomic mass is 10.2. The molecule has 5 nitrogen and oxygen atoms in total. The number of nitrogens with one attached hydrogen (secondary N) is 1. The minimum Gasteiger partial charge on any atom is -0.372 e. The van der Waals surface area contributed by atoms with Crippen molar-refractivity contribution in [1.29, 1.82) is 0 Å². The van der Waals surface area contributed by atoms with Crippen LogP contribution in [0.1, 0.15) is 19.5 Å². The Morgan fingerprint density at radius 3 is 2.52 bits per heavy atom. The highest BCUT2D eigenvalue weighted by atomic mass is 35.5. The number of benzene rings is 1. The lowest BCUT2D eigenvalue weighted by molar-refractivity contribution is -0.115. The number of hydrogen-bond donors (Lipinski definition) is 1. The SMILES string of the molecule is CCN(CC)c1ccc(NC(=O)Cc2cn3cc(Cl)ccc3n2)cc1. The third kappa shape index (κ3) is 4.12. The molecular weight excluding hydrogens is 336 g/mol. The van der Waals surface area contributed by atoms with E-state index in [0.717, 1.165) is 30.1 Å². The second-order valence-electron chi connectivity index (χ2n) is 5.79. The normalized spacial score (nSPS) is 10.8. The molecule has 6 heteroatoms. The predicted molar refractivity (Wildman–Crippen MR) is 103 cm³/mol. The number of halogens is 1. The van der Waals surface area contributed by atoms with Crippen molar-refractivity contribution < 1.29 is 4.79 Å². The van der Waals surface area contributed by atoms with Crippen LogP contribution in [0.25, 0.3) is 5.65 Å². The molecule has 0 saturated heterocycles. The van der Waals surface area contributed by atoms with Crippen molar-refractivity contribution in [3.05, 3.63) is 59.5 Å². The Hall–Kier alpha value is -2.53.